The van der Waals surface area contributed by atoms with Crippen molar-refractivity contribution in [3.8, 4) is 0 Å². The number of Topliss-reactive ketones (excluding diaryl/α,β-unsaturated/α-hetero) is 1. The molecule has 24 heavy (non-hydrogen) atoms. The van der Waals surface area contributed by atoms with Crippen molar-refractivity contribution in [3.05, 3.63) is 53.7 Å². The third-order valence-electron chi connectivity index (χ3n) is 3.74. The van der Waals surface area contributed by atoms with Gasteiger partial charge in [-0.25, -0.2) is 4.98 Å². The fourth-order valence-electron chi connectivity index (χ4n) is 2.46. The Morgan fingerprint density at radius 3 is 2.25 bits per heavy atom. The van der Waals surface area contributed by atoms with Crippen LogP contribution in [-0.2, 0) is 12.8 Å². The molecule has 3 nitrogen and oxygen atoms in total. The molecular weight excluding hydrogens is 319 g/mol. The Morgan fingerprint density at radius 1 is 0.958 bits per heavy atom. The first-order chi connectivity index (χ1) is 11.5. The Hall–Kier alpha value is -2.11. The monoisotopic (exact) mass is 339 g/mol. The summed E-state index contributed by atoms with van der Waals surface area (Å²) in [5, 5.41) is 0. The van der Waals surface area contributed by atoms with Crippen molar-refractivity contribution in [1.29, 1.82) is 0 Å². The molecule has 1 heterocycles. The number of ketones is 1. The summed E-state index contributed by atoms with van der Waals surface area (Å²) < 4.78 is 41.7. The van der Waals surface area contributed by atoms with Gasteiger partial charge < -0.3 is 4.42 Å². The van der Waals surface area contributed by atoms with E-state index in [2.05, 4.69) is 17.1 Å². The molecule has 0 aliphatic rings. The number of aromatic nitrogens is 1. The fraction of sp³-hybridized carbons (Fsp3) is 0.444. The molecule has 0 bridgehead atoms. The number of carbonyl (C=O) groups excluding carboxylic acids is 1. The van der Waals surface area contributed by atoms with E-state index in [1.807, 2.05) is 18.2 Å². The third kappa shape index (κ3) is 5.83. The first-order valence-corrected chi connectivity index (χ1v) is 8.06. The van der Waals surface area contributed by atoms with Crippen LogP contribution in [0.15, 0.2) is 41.0 Å². The molecule has 130 valence electrons. The fourth-order valence-corrected chi connectivity index (χ4v) is 2.46. The number of benzene rings is 1. The van der Waals surface area contributed by atoms with E-state index in [1.54, 1.807) is 0 Å². The summed E-state index contributed by atoms with van der Waals surface area (Å²) >= 11 is 0. The first-order valence-electron chi connectivity index (χ1n) is 8.06. The van der Waals surface area contributed by atoms with E-state index in [-0.39, 0.29) is 5.89 Å². The molecule has 1 aromatic carbocycles. The van der Waals surface area contributed by atoms with Crippen LogP contribution < -0.4 is 0 Å². The lowest BCUT2D eigenvalue weighted by atomic mass is 10.1. The van der Waals surface area contributed by atoms with Gasteiger partial charge in [-0.05, 0) is 24.8 Å². The maximum absolute atomic E-state index is 12.3. The highest BCUT2D eigenvalue weighted by Gasteiger charge is 2.41. The molecule has 0 fully saturated rings. The number of alkyl halides is 3. The molecule has 0 spiro atoms. The highest BCUT2D eigenvalue weighted by Crippen LogP contribution is 2.21. The molecule has 0 saturated heterocycles. The Kier molecular flexibility index (Phi) is 6.58. The van der Waals surface area contributed by atoms with E-state index in [0.717, 1.165) is 44.8 Å². The maximum Gasteiger partial charge on any atom is 0.456 e. The molecule has 0 radical (unpaired) electrons. The molecule has 0 saturated carbocycles. The number of halogens is 3. The Morgan fingerprint density at radius 2 is 1.58 bits per heavy atom. The van der Waals surface area contributed by atoms with Crippen molar-refractivity contribution in [1.82, 2.24) is 4.98 Å². The number of aryl methyl sites for hydroxylation is 2. The number of nitrogens with zero attached hydrogens (tertiary/aromatic N) is 1. The second kappa shape index (κ2) is 8.66. The van der Waals surface area contributed by atoms with Gasteiger partial charge >= 0.3 is 6.18 Å². The highest BCUT2D eigenvalue weighted by atomic mass is 19.4. The van der Waals surface area contributed by atoms with Crippen molar-refractivity contribution in [3.63, 3.8) is 0 Å². The normalized spacial score (nSPS) is 11.6. The van der Waals surface area contributed by atoms with Crippen LogP contribution in [0.5, 0.6) is 0 Å². The Labute approximate surface area is 138 Å². The first kappa shape index (κ1) is 18.2. The van der Waals surface area contributed by atoms with Crippen LogP contribution in [0, 0.1) is 0 Å². The molecule has 0 aliphatic carbocycles. The second-order valence-electron chi connectivity index (χ2n) is 5.71. The van der Waals surface area contributed by atoms with Gasteiger partial charge in [0, 0.05) is 6.42 Å². The average Bonchev–Trinajstić information content (AvgIpc) is 3.02. The predicted molar refractivity (Wildman–Crippen MR) is 83.8 cm³/mol. The number of unbranched alkanes of at least 4 members (excludes halogenated alkanes) is 4. The average molecular weight is 339 g/mol. The quantitative estimate of drug-likeness (QED) is 0.468. The number of hydrogen-bond acceptors (Lipinski definition) is 3. The molecule has 6 heteroatoms. The van der Waals surface area contributed by atoms with Crippen LogP contribution in [0.1, 0.15) is 54.0 Å². The summed E-state index contributed by atoms with van der Waals surface area (Å²) in [6.45, 7) is 0. The zero-order chi connectivity index (χ0) is 17.4. The van der Waals surface area contributed by atoms with Gasteiger partial charge in [-0.2, -0.15) is 13.2 Å². The summed E-state index contributed by atoms with van der Waals surface area (Å²) in [6.07, 6.45) is 2.41. The van der Waals surface area contributed by atoms with Gasteiger partial charge in [0.15, 0.2) is 11.6 Å². The zero-order valence-corrected chi connectivity index (χ0v) is 13.3. The third-order valence-corrected chi connectivity index (χ3v) is 3.74. The van der Waals surface area contributed by atoms with E-state index in [0.29, 0.717) is 6.42 Å². The van der Waals surface area contributed by atoms with Gasteiger partial charge in [0.05, 0.1) is 0 Å². The van der Waals surface area contributed by atoms with Gasteiger partial charge in [0.2, 0.25) is 0 Å². The molecule has 0 amide bonds. The minimum Gasteiger partial charge on any atom is -0.448 e. The van der Waals surface area contributed by atoms with Crippen LogP contribution >= 0.6 is 0 Å². The van der Waals surface area contributed by atoms with E-state index in [4.69, 9.17) is 4.42 Å². The van der Waals surface area contributed by atoms with Gasteiger partial charge in [0.1, 0.15) is 6.26 Å². The smallest absolute Gasteiger partial charge is 0.448 e. The van der Waals surface area contributed by atoms with E-state index < -0.39 is 17.7 Å². The van der Waals surface area contributed by atoms with Crippen LogP contribution in [0.2, 0.25) is 0 Å². The van der Waals surface area contributed by atoms with Crippen molar-refractivity contribution in [2.75, 3.05) is 0 Å². The Balaban J connectivity index is 1.59. The SMILES string of the molecule is O=C(c1coc(CCCCCCCc2ccccc2)n1)C(F)(F)F. The molecule has 2 aromatic rings. The second-order valence-corrected chi connectivity index (χ2v) is 5.71. The van der Waals surface area contributed by atoms with Crippen molar-refractivity contribution < 1.29 is 22.4 Å². The van der Waals surface area contributed by atoms with E-state index in [9.17, 15) is 18.0 Å². The maximum atomic E-state index is 12.3. The topological polar surface area (TPSA) is 43.1 Å². The summed E-state index contributed by atoms with van der Waals surface area (Å²) in [7, 11) is 0. The van der Waals surface area contributed by atoms with Crippen LogP contribution in [0.3, 0.4) is 0 Å². The molecule has 0 unspecified atom stereocenters. The molecule has 0 atom stereocenters. The molecule has 0 N–H and O–H groups in total. The summed E-state index contributed by atoms with van der Waals surface area (Å²) in [5.74, 6) is -1.77. The van der Waals surface area contributed by atoms with Gasteiger partial charge in [0.25, 0.3) is 5.78 Å². The van der Waals surface area contributed by atoms with E-state index >= 15 is 0 Å². The summed E-state index contributed by atoms with van der Waals surface area (Å²) in [4.78, 5) is 14.6. The van der Waals surface area contributed by atoms with Crippen molar-refractivity contribution >= 4 is 5.78 Å². The number of carbonyl (C=O) groups is 1. The van der Waals surface area contributed by atoms with Gasteiger partial charge in [-0.3, -0.25) is 4.79 Å². The minimum absolute atomic E-state index is 0.187. The van der Waals surface area contributed by atoms with Gasteiger partial charge in [-0.15, -0.1) is 0 Å². The molecular formula is C18H20F3NO2. The van der Waals surface area contributed by atoms with Crippen LogP contribution in [-0.4, -0.2) is 16.9 Å². The zero-order valence-electron chi connectivity index (χ0n) is 13.3. The highest BCUT2D eigenvalue weighted by molar-refractivity contribution is 5.98. The minimum atomic E-state index is -4.91. The van der Waals surface area contributed by atoms with Gasteiger partial charge in [-0.1, -0.05) is 49.6 Å². The standard InChI is InChI=1S/C18H20F3NO2/c19-18(20,21)17(23)15-13-24-16(22-15)12-8-3-1-2-5-9-14-10-6-4-7-11-14/h4,6-7,10-11,13H,1-3,5,8-9,12H2. The lowest BCUT2D eigenvalue weighted by Crippen LogP contribution is -2.23. The van der Waals surface area contributed by atoms with Crippen LogP contribution in [0.25, 0.3) is 0 Å². The lowest BCUT2D eigenvalue weighted by Gasteiger charge is -2.02. The summed E-state index contributed by atoms with van der Waals surface area (Å²) in [6, 6.07) is 10.3. The number of rotatable bonds is 9. The van der Waals surface area contributed by atoms with Crippen LogP contribution in [0.4, 0.5) is 13.2 Å². The number of hydrogen-bond donors (Lipinski definition) is 0. The molecule has 1 aromatic heterocycles. The van der Waals surface area contributed by atoms with Crippen molar-refractivity contribution in [2.24, 2.45) is 0 Å². The largest absolute Gasteiger partial charge is 0.456 e. The summed E-state index contributed by atoms with van der Waals surface area (Å²) in [5.41, 5.74) is 0.666. The van der Waals surface area contributed by atoms with Crippen molar-refractivity contribution in [2.45, 2.75) is 51.1 Å². The number of oxazole rings is 1. The molecule has 2 rings (SSSR count). The van der Waals surface area contributed by atoms with E-state index in [1.165, 1.54) is 5.56 Å². The Bertz CT molecular complexity index is 635. The predicted octanol–water partition coefficient (Wildman–Crippen LogP) is 5.16. The lowest BCUT2D eigenvalue weighted by molar-refractivity contribution is -0.0888. The molecule has 0 aliphatic heterocycles.